The summed E-state index contributed by atoms with van der Waals surface area (Å²) in [7, 11) is 1.59. The lowest BCUT2D eigenvalue weighted by Crippen LogP contribution is -2.34. The number of benzene rings is 2. The molecule has 0 bridgehead atoms. The first-order chi connectivity index (χ1) is 21.0. The molecule has 1 saturated heterocycles. The van der Waals surface area contributed by atoms with Crippen LogP contribution in [0.3, 0.4) is 0 Å². The third-order valence-electron chi connectivity index (χ3n) is 8.08. The first-order valence-corrected chi connectivity index (χ1v) is 14.6. The van der Waals surface area contributed by atoms with E-state index < -0.39 is 23.6 Å². The molecule has 1 atom stereocenters. The first kappa shape index (κ1) is 30.3. The molecule has 0 aliphatic carbocycles. The van der Waals surface area contributed by atoms with Crippen LogP contribution in [-0.2, 0) is 29.7 Å². The van der Waals surface area contributed by atoms with Crippen molar-refractivity contribution in [3.8, 4) is 22.9 Å². The molecule has 0 unspecified atom stereocenters. The van der Waals surface area contributed by atoms with Gasteiger partial charge >= 0.3 is 6.18 Å². The minimum Gasteiger partial charge on any atom is -0.444 e. The standard InChI is InChI=1S/C31H30ClF4N5O3/c1-30(23-7-6-21(32)15-24(23)33)43-26-5-3-4-22(27(26)44-30)18-8-11-41(12-9-18)17-25-19(10-13-42-2)14-20(16-37-25)28-38-29(40-39-28)31(34,35)36/h3-7,14-16,18H,8-13,17H2,1-2H3,(H,38,39,40)/t30-/m1/s1. The van der Waals surface area contributed by atoms with Gasteiger partial charge < -0.3 is 14.2 Å². The average Bonchev–Trinajstić information content (AvgIpc) is 3.62. The monoisotopic (exact) mass is 631 g/mol. The molecular weight excluding hydrogens is 602 g/mol. The number of para-hydroxylation sites is 1. The Hall–Kier alpha value is -3.74. The summed E-state index contributed by atoms with van der Waals surface area (Å²) in [6.07, 6.45) is -0.854. The number of fused-ring (bicyclic) bond motifs is 1. The van der Waals surface area contributed by atoms with Crippen LogP contribution in [0.1, 0.15) is 53.9 Å². The van der Waals surface area contributed by atoms with Crippen LogP contribution in [0, 0.1) is 5.82 Å². The summed E-state index contributed by atoms with van der Waals surface area (Å²) in [5, 5.41) is 5.98. The van der Waals surface area contributed by atoms with Crippen molar-refractivity contribution in [2.75, 3.05) is 26.8 Å². The number of H-pyrrole nitrogens is 1. The molecule has 2 aliphatic rings. The van der Waals surface area contributed by atoms with Gasteiger partial charge in [-0.1, -0.05) is 23.7 Å². The average molecular weight is 632 g/mol. The summed E-state index contributed by atoms with van der Waals surface area (Å²) in [5.74, 6) is -1.62. The van der Waals surface area contributed by atoms with Crippen molar-refractivity contribution in [1.29, 1.82) is 0 Å². The van der Waals surface area contributed by atoms with Gasteiger partial charge in [0.1, 0.15) is 5.82 Å². The molecule has 6 rings (SSSR count). The highest BCUT2D eigenvalue weighted by molar-refractivity contribution is 6.30. The fourth-order valence-corrected chi connectivity index (χ4v) is 5.96. The molecule has 4 heterocycles. The zero-order valence-corrected chi connectivity index (χ0v) is 24.8. The maximum Gasteiger partial charge on any atom is 0.451 e. The molecule has 4 aromatic rings. The zero-order chi connectivity index (χ0) is 31.1. The van der Waals surface area contributed by atoms with Crippen molar-refractivity contribution < 1.29 is 31.8 Å². The van der Waals surface area contributed by atoms with Gasteiger partial charge in [0.05, 0.1) is 17.9 Å². The second-order valence-electron chi connectivity index (χ2n) is 11.1. The molecule has 0 saturated carbocycles. The van der Waals surface area contributed by atoms with Crippen LogP contribution in [0.4, 0.5) is 17.6 Å². The Morgan fingerprint density at radius 1 is 1.14 bits per heavy atom. The number of nitrogens with one attached hydrogen (secondary N) is 1. The van der Waals surface area contributed by atoms with Crippen LogP contribution in [0.5, 0.6) is 11.5 Å². The lowest BCUT2D eigenvalue weighted by molar-refractivity contribution is -0.144. The van der Waals surface area contributed by atoms with E-state index in [1.54, 1.807) is 32.2 Å². The van der Waals surface area contributed by atoms with Gasteiger partial charge in [0.2, 0.25) is 5.82 Å². The van der Waals surface area contributed by atoms with Crippen molar-refractivity contribution in [3.63, 3.8) is 0 Å². The van der Waals surface area contributed by atoms with E-state index in [-0.39, 0.29) is 17.3 Å². The summed E-state index contributed by atoms with van der Waals surface area (Å²) >= 11 is 5.95. The van der Waals surface area contributed by atoms with Crippen LogP contribution in [-0.4, -0.2) is 51.9 Å². The highest BCUT2D eigenvalue weighted by atomic mass is 35.5. The number of hydrogen-bond acceptors (Lipinski definition) is 7. The van der Waals surface area contributed by atoms with Crippen LogP contribution >= 0.6 is 11.6 Å². The van der Waals surface area contributed by atoms with Crippen LogP contribution in [0.2, 0.25) is 5.02 Å². The summed E-state index contributed by atoms with van der Waals surface area (Å²) in [6.45, 7) is 4.29. The minimum atomic E-state index is -4.61. The normalized spacial score (nSPS) is 19.1. The number of alkyl halides is 3. The van der Waals surface area contributed by atoms with Gasteiger partial charge in [-0.2, -0.15) is 18.3 Å². The molecule has 1 fully saturated rings. The number of methoxy groups -OCH3 is 1. The van der Waals surface area contributed by atoms with Crippen molar-refractivity contribution in [3.05, 3.63) is 87.7 Å². The smallest absolute Gasteiger partial charge is 0.444 e. The van der Waals surface area contributed by atoms with E-state index in [1.165, 1.54) is 12.3 Å². The largest absolute Gasteiger partial charge is 0.451 e. The Bertz CT molecular complexity index is 1660. The van der Waals surface area contributed by atoms with Crippen LogP contribution in [0.25, 0.3) is 11.4 Å². The Balaban J connectivity index is 1.15. The van der Waals surface area contributed by atoms with Crippen molar-refractivity contribution >= 4 is 11.6 Å². The Morgan fingerprint density at radius 2 is 1.93 bits per heavy atom. The SMILES string of the molecule is COCCc1cc(-c2n[nH]c(C(F)(F)F)n2)cnc1CN1CCC(c2cccc3c2O[C@](C)(c2ccc(Cl)cc2F)O3)CC1. The maximum atomic E-state index is 14.8. The number of rotatable bonds is 8. The van der Waals surface area contributed by atoms with E-state index in [4.69, 9.17) is 25.8 Å². The predicted octanol–water partition coefficient (Wildman–Crippen LogP) is 6.89. The topological polar surface area (TPSA) is 85.4 Å². The van der Waals surface area contributed by atoms with Crippen LogP contribution in [0.15, 0.2) is 48.7 Å². The van der Waals surface area contributed by atoms with Crippen molar-refractivity contribution in [2.45, 2.75) is 50.6 Å². The van der Waals surface area contributed by atoms with Crippen molar-refractivity contribution in [1.82, 2.24) is 25.1 Å². The number of aromatic amines is 1. The van der Waals surface area contributed by atoms with E-state index in [0.29, 0.717) is 41.7 Å². The van der Waals surface area contributed by atoms with Gasteiger partial charge in [-0.05, 0) is 74.2 Å². The predicted molar refractivity (Wildman–Crippen MR) is 154 cm³/mol. The quantitative estimate of drug-likeness (QED) is 0.212. The number of piperidine rings is 1. The zero-order valence-electron chi connectivity index (χ0n) is 24.0. The van der Waals surface area contributed by atoms with E-state index in [0.717, 1.165) is 42.8 Å². The molecule has 8 nitrogen and oxygen atoms in total. The highest BCUT2D eigenvalue weighted by Crippen LogP contribution is 2.50. The highest BCUT2D eigenvalue weighted by Gasteiger charge is 2.43. The van der Waals surface area contributed by atoms with E-state index in [2.05, 4.69) is 20.0 Å². The molecule has 0 spiro atoms. The minimum absolute atomic E-state index is 0.0626. The number of hydrogen-bond donors (Lipinski definition) is 1. The lowest BCUT2D eigenvalue weighted by Gasteiger charge is -2.33. The molecule has 232 valence electrons. The third-order valence-corrected chi connectivity index (χ3v) is 8.31. The molecule has 0 amide bonds. The molecule has 2 aromatic heterocycles. The number of halogens is 5. The van der Waals surface area contributed by atoms with E-state index in [1.807, 2.05) is 23.3 Å². The third kappa shape index (κ3) is 6.11. The second-order valence-corrected chi connectivity index (χ2v) is 11.5. The molecule has 1 N–H and O–H groups in total. The fraction of sp³-hybridized carbons (Fsp3) is 0.387. The van der Waals surface area contributed by atoms with Crippen LogP contribution < -0.4 is 9.47 Å². The molecule has 0 radical (unpaired) electrons. The summed E-state index contributed by atoms with van der Waals surface area (Å²) < 4.78 is 71.6. The van der Waals surface area contributed by atoms with E-state index >= 15 is 0 Å². The van der Waals surface area contributed by atoms with Gasteiger partial charge in [-0.15, -0.1) is 0 Å². The van der Waals surface area contributed by atoms with Gasteiger partial charge in [0.25, 0.3) is 5.79 Å². The Kier molecular flexibility index (Phi) is 8.25. The molecule has 2 aliphatic heterocycles. The number of pyridine rings is 1. The maximum absolute atomic E-state index is 14.8. The Morgan fingerprint density at radius 3 is 2.64 bits per heavy atom. The number of ether oxygens (including phenoxy) is 3. The van der Waals surface area contributed by atoms with Crippen molar-refractivity contribution in [2.24, 2.45) is 0 Å². The summed E-state index contributed by atoms with van der Waals surface area (Å²) in [6, 6.07) is 12.0. The fourth-order valence-electron chi connectivity index (χ4n) is 5.80. The van der Waals surface area contributed by atoms with E-state index in [9.17, 15) is 17.6 Å². The molecule has 13 heteroatoms. The van der Waals surface area contributed by atoms with Gasteiger partial charge in [-0.25, -0.2) is 9.37 Å². The first-order valence-electron chi connectivity index (χ1n) is 14.2. The molecule has 2 aromatic carbocycles. The summed E-state index contributed by atoms with van der Waals surface area (Å²) in [5.41, 5.74) is 3.38. The van der Waals surface area contributed by atoms with Gasteiger partial charge in [0.15, 0.2) is 17.3 Å². The number of nitrogens with zero attached hydrogens (tertiary/aromatic N) is 4. The second kappa shape index (κ2) is 12.0. The number of likely N-dealkylation sites (tertiary alicyclic amines) is 1. The molecular formula is C31H30ClF4N5O3. The van der Waals surface area contributed by atoms with Gasteiger partial charge in [0, 0.05) is 42.9 Å². The number of aromatic nitrogens is 4. The lowest BCUT2D eigenvalue weighted by atomic mass is 9.88. The summed E-state index contributed by atoms with van der Waals surface area (Å²) in [4.78, 5) is 10.5. The Labute approximate surface area is 256 Å². The van der Waals surface area contributed by atoms with Gasteiger partial charge in [-0.3, -0.25) is 15.0 Å². The molecule has 44 heavy (non-hydrogen) atoms.